The van der Waals surface area contributed by atoms with Crippen LogP contribution >= 0.6 is 0 Å². The van der Waals surface area contributed by atoms with E-state index in [9.17, 15) is 0 Å². The first-order valence-corrected chi connectivity index (χ1v) is 9.86. The number of aliphatic imine (C=N–C) groups is 1. The third-order valence-electron chi connectivity index (χ3n) is 5.03. The molecule has 0 spiro atoms. The Morgan fingerprint density at radius 1 is 1.08 bits per heavy atom. The van der Waals surface area contributed by atoms with Crippen LogP contribution in [0.5, 0.6) is 0 Å². The van der Waals surface area contributed by atoms with Crippen molar-refractivity contribution in [1.29, 1.82) is 0 Å². The Morgan fingerprint density at radius 3 is 2.21 bits per heavy atom. The smallest absolute Gasteiger partial charge is 0.191 e. The second-order valence-electron chi connectivity index (χ2n) is 7.73. The van der Waals surface area contributed by atoms with E-state index >= 15 is 0 Å². The molecular weight excluding hydrogens is 298 g/mol. The number of rotatable bonds is 9. The second-order valence-corrected chi connectivity index (χ2v) is 7.73. The van der Waals surface area contributed by atoms with Crippen molar-refractivity contribution in [3.05, 3.63) is 0 Å². The van der Waals surface area contributed by atoms with Gasteiger partial charge in [0.15, 0.2) is 5.96 Å². The minimum Gasteiger partial charge on any atom is -0.356 e. The standard InChI is InChI=1S/C19H41N5/c1-16(2)24(17(3)4)15-11-22-19(20-6)21-10-7-12-23-13-8-18(5)9-14-23/h16-18H,7-15H2,1-6H3,(H2,20,21,22). The van der Waals surface area contributed by atoms with E-state index in [1.165, 1.54) is 38.9 Å². The molecule has 1 rings (SSSR count). The van der Waals surface area contributed by atoms with Gasteiger partial charge in [-0.1, -0.05) is 6.92 Å². The van der Waals surface area contributed by atoms with Crippen LogP contribution in [0.15, 0.2) is 4.99 Å². The van der Waals surface area contributed by atoms with Crippen LogP contribution in [0.2, 0.25) is 0 Å². The number of guanidine groups is 1. The highest BCUT2D eigenvalue weighted by Crippen LogP contribution is 2.15. The molecule has 5 nitrogen and oxygen atoms in total. The van der Waals surface area contributed by atoms with Crippen molar-refractivity contribution in [2.24, 2.45) is 10.9 Å². The lowest BCUT2D eigenvalue weighted by atomic mass is 9.99. The Balaban J connectivity index is 2.14. The fraction of sp³-hybridized carbons (Fsp3) is 0.947. The molecule has 1 aliphatic heterocycles. The molecule has 0 aromatic heterocycles. The predicted molar refractivity (Wildman–Crippen MR) is 106 cm³/mol. The maximum atomic E-state index is 4.33. The Morgan fingerprint density at radius 2 is 1.67 bits per heavy atom. The molecule has 1 heterocycles. The van der Waals surface area contributed by atoms with Crippen LogP contribution in [0.3, 0.4) is 0 Å². The highest BCUT2D eigenvalue weighted by Gasteiger charge is 2.15. The molecule has 2 N–H and O–H groups in total. The molecule has 0 amide bonds. The van der Waals surface area contributed by atoms with Gasteiger partial charge in [0.25, 0.3) is 0 Å². The molecule has 0 atom stereocenters. The van der Waals surface area contributed by atoms with E-state index in [-0.39, 0.29) is 0 Å². The molecule has 142 valence electrons. The lowest BCUT2D eigenvalue weighted by Crippen LogP contribution is -2.45. The van der Waals surface area contributed by atoms with Crippen molar-refractivity contribution in [1.82, 2.24) is 20.4 Å². The van der Waals surface area contributed by atoms with Crippen LogP contribution in [0.25, 0.3) is 0 Å². The van der Waals surface area contributed by atoms with Crippen molar-refractivity contribution < 1.29 is 0 Å². The van der Waals surface area contributed by atoms with Gasteiger partial charge in [0.1, 0.15) is 0 Å². The number of nitrogens with one attached hydrogen (secondary N) is 2. The fourth-order valence-corrected chi connectivity index (χ4v) is 3.43. The number of piperidine rings is 1. The van der Waals surface area contributed by atoms with Crippen molar-refractivity contribution in [3.8, 4) is 0 Å². The number of hydrogen-bond acceptors (Lipinski definition) is 3. The van der Waals surface area contributed by atoms with Crippen molar-refractivity contribution >= 4 is 5.96 Å². The van der Waals surface area contributed by atoms with Crippen molar-refractivity contribution in [2.75, 3.05) is 46.3 Å². The molecule has 1 aliphatic rings. The fourth-order valence-electron chi connectivity index (χ4n) is 3.43. The average Bonchev–Trinajstić information content (AvgIpc) is 2.54. The quantitative estimate of drug-likeness (QED) is 0.385. The molecule has 0 aromatic carbocycles. The van der Waals surface area contributed by atoms with E-state index in [0.29, 0.717) is 12.1 Å². The van der Waals surface area contributed by atoms with Gasteiger partial charge in [0, 0.05) is 38.8 Å². The van der Waals surface area contributed by atoms with E-state index in [2.05, 4.69) is 60.0 Å². The maximum Gasteiger partial charge on any atom is 0.191 e. The SMILES string of the molecule is CN=C(NCCCN1CCC(C)CC1)NCCN(C(C)C)C(C)C. The average molecular weight is 340 g/mol. The van der Waals surface area contributed by atoms with Gasteiger partial charge in [-0.25, -0.2) is 0 Å². The predicted octanol–water partition coefficient (Wildman–Crippen LogP) is 2.39. The van der Waals surface area contributed by atoms with Gasteiger partial charge in [0.2, 0.25) is 0 Å². The van der Waals surface area contributed by atoms with Crippen LogP contribution in [0, 0.1) is 5.92 Å². The highest BCUT2D eigenvalue weighted by molar-refractivity contribution is 5.79. The summed E-state index contributed by atoms with van der Waals surface area (Å²) in [4.78, 5) is 9.43. The lowest BCUT2D eigenvalue weighted by molar-refractivity contribution is 0.178. The van der Waals surface area contributed by atoms with Gasteiger partial charge in [0.05, 0.1) is 0 Å². The third kappa shape index (κ3) is 8.34. The van der Waals surface area contributed by atoms with Gasteiger partial charge in [-0.2, -0.15) is 0 Å². The van der Waals surface area contributed by atoms with Crippen LogP contribution in [0.4, 0.5) is 0 Å². The summed E-state index contributed by atoms with van der Waals surface area (Å²) in [6.45, 7) is 18.1. The van der Waals surface area contributed by atoms with Crippen LogP contribution < -0.4 is 10.6 Å². The summed E-state index contributed by atoms with van der Waals surface area (Å²) >= 11 is 0. The number of nitrogens with zero attached hydrogens (tertiary/aromatic N) is 3. The summed E-state index contributed by atoms with van der Waals surface area (Å²) in [7, 11) is 1.85. The summed E-state index contributed by atoms with van der Waals surface area (Å²) in [6.07, 6.45) is 3.90. The van der Waals surface area contributed by atoms with Gasteiger partial charge < -0.3 is 15.5 Å². The van der Waals surface area contributed by atoms with Gasteiger partial charge in [-0.15, -0.1) is 0 Å². The minimum atomic E-state index is 0.578. The molecular formula is C19H41N5. The molecule has 0 bridgehead atoms. The minimum absolute atomic E-state index is 0.578. The molecule has 0 aliphatic carbocycles. The van der Waals surface area contributed by atoms with E-state index in [1.54, 1.807) is 0 Å². The zero-order chi connectivity index (χ0) is 17.9. The molecule has 0 radical (unpaired) electrons. The maximum absolute atomic E-state index is 4.33. The molecule has 0 unspecified atom stereocenters. The van der Waals surface area contributed by atoms with Crippen LogP contribution in [-0.2, 0) is 0 Å². The zero-order valence-electron chi connectivity index (χ0n) is 16.9. The Bertz CT molecular complexity index is 338. The first-order valence-electron chi connectivity index (χ1n) is 9.86. The van der Waals surface area contributed by atoms with Crippen molar-refractivity contribution in [3.63, 3.8) is 0 Å². The van der Waals surface area contributed by atoms with Crippen LogP contribution in [0.1, 0.15) is 53.9 Å². The van der Waals surface area contributed by atoms with E-state index < -0.39 is 0 Å². The summed E-state index contributed by atoms with van der Waals surface area (Å²) in [5, 5.41) is 6.88. The van der Waals surface area contributed by atoms with E-state index in [0.717, 1.165) is 31.5 Å². The largest absolute Gasteiger partial charge is 0.356 e. The normalized spacial score (nSPS) is 18.0. The Hall–Kier alpha value is -0.810. The molecule has 1 saturated heterocycles. The molecule has 24 heavy (non-hydrogen) atoms. The third-order valence-corrected chi connectivity index (χ3v) is 5.03. The highest BCUT2D eigenvalue weighted by atomic mass is 15.2. The van der Waals surface area contributed by atoms with Gasteiger partial charge in [-0.3, -0.25) is 9.89 Å². The Labute approximate surface area is 150 Å². The summed E-state index contributed by atoms with van der Waals surface area (Å²) in [5.74, 6) is 1.84. The Kier molecular flexibility index (Phi) is 10.3. The molecule has 1 fully saturated rings. The summed E-state index contributed by atoms with van der Waals surface area (Å²) in [5.41, 5.74) is 0. The topological polar surface area (TPSA) is 42.9 Å². The number of likely N-dealkylation sites (tertiary alicyclic amines) is 1. The molecule has 5 heteroatoms. The molecule has 0 aromatic rings. The van der Waals surface area contributed by atoms with E-state index in [4.69, 9.17) is 0 Å². The summed E-state index contributed by atoms with van der Waals surface area (Å²) in [6, 6.07) is 1.16. The van der Waals surface area contributed by atoms with E-state index in [1.807, 2.05) is 7.05 Å². The van der Waals surface area contributed by atoms with Crippen molar-refractivity contribution in [2.45, 2.75) is 66.0 Å². The first kappa shape index (κ1) is 21.2. The molecule has 0 saturated carbocycles. The number of hydrogen-bond donors (Lipinski definition) is 2. The van der Waals surface area contributed by atoms with Gasteiger partial charge >= 0.3 is 0 Å². The van der Waals surface area contributed by atoms with Crippen LogP contribution in [-0.4, -0.2) is 74.2 Å². The first-order chi connectivity index (χ1) is 11.4. The second kappa shape index (κ2) is 11.7. The lowest BCUT2D eigenvalue weighted by Gasteiger charge is -2.31. The zero-order valence-corrected chi connectivity index (χ0v) is 16.9. The monoisotopic (exact) mass is 339 g/mol. The van der Waals surface area contributed by atoms with Gasteiger partial charge in [-0.05, 0) is 72.5 Å². The summed E-state index contributed by atoms with van der Waals surface area (Å²) < 4.78 is 0.